The van der Waals surface area contributed by atoms with Gasteiger partial charge in [-0.3, -0.25) is 14.7 Å². The fraction of sp³-hybridized carbons (Fsp3) is 0.417. The smallest absolute Gasteiger partial charge is 0.251 e. The van der Waals surface area contributed by atoms with Gasteiger partial charge >= 0.3 is 0 Å². The molecule has 0 aromatic heterocycles. The summed E-state index contributed by atoms with van der Waals surface area (Å²) in [5.74, 6) is -0.0899. The van der Waals surface area contributed by atoms with E-state index in [1.807, 2.05) is 6.92 Å². The Labute approximate surface area is 100 Å². The first kappa shape index (κ1) is 11.7. The lowest BCUT2D eigenvalue weighted by atomic mass is 10.1. The number of hydroxylamine groups is 1. The predicted molar refractivity (Wildman–Crippen MR) is 66.8 cm³/mol. The van der Waals surface area contributed by atoms with Gasteiger partial charge in [0.05, 0.1) is 18.0 Å². The first-order valence-corrected chi connectivity index (χ1v) is 5.80. The van der Waals surface area contributed by atoms with Crippen molar-refractivity contribution in [3.8, 4) is 0 Å². The van der Waals surface area contributed by atoms with Crippen molar-refractivity contribution in [2.75, 3.05) is 30.5 Å². The van der Waals surface area contributed by atoms with Crippen molar-refractivity contribution in [1.29, 1.82) is 0 Å². The molecule has 1 aliphatic heterocycles. The lowest BCUT2D eigenvalue weighted by Crippen LogP contribution is -2.24. The minimum atomic E-state index is -0.0899. The summed E-state index contributed by atoms with van der Waals surface area (Å²) in [6.45, 7) is 4.01. The van der Waals surface area contributed by atoms with Gasteiger partial charge in [-0.2, -0.15) is 0 Å². The number of nitrogens with one attached hydrogen (secondary N) is 1. The summed E-state index contributed by atoms with van der Waals surface area (Å²) in [5.41, 5.74) is 7.89. The fourth-order valence-corrected chi connectivity index (χ4v) is 1.80. The van der Waals surface area contributed by atoms with Crippen molar-refractivity contribution < 1.29 is 9.63 Å². The van der Waals surface area contributed by atoms with E-state index in [0.29, 0.717) is 24.4 Å². The third-order valence-electron chi connectivity index (χ3n) is 2.65. The van der Waals surface area contributed by atoms with Crippen LogP contribution in [0.3, 0.4) is 0 Å². The summed E-state index contributed by atoms with van der Waals surface area (Å²) < 4.78 is 0. The molecule has 0 unspecified atom stereocenters. The van der Waals surface area contributed by atoms with E-state index in [-0.39, 0.29) is 5.91 Å². The van der Waals surface area contributed by atoms with E-state index in [2.05, 4.69) is 5.32 Å². The number of nitrogens with two attached hydrogens (primary N) is 1. The van der Waals surface area contributed by atoms with Gasteiger partial charge in [0.1, 0.15) is 0 Å². The highest BCUT2D eigenvalue weighted by atomic mass is 16.7. The van der Waals surface area contributed by atoms with Crippen molar-refractivity contribution in [3.05, 3.63) is 23.8 Å². The van der Waals surface area contributed by atoms with E-state index in [4.69, 9.17) is 10.6 Å². The molecule has 17 heavy (non-hydrogen) atoms. The highest BCUT2D eigenvalue weighted by Crippen LogP contribution is 2.27. The maximum atomic E-state index is 11.7. The maximum Gasteiger partial charge on any atom is 0.251 e. The third kappa shape index (κ3) is 2.50. The fourth-order valence-electron chi connectivity index (χ4n) is 1.80. The van der Waals surface area contributed by atoms with Crippen LogP contribution in [0.25, 0.3) is 0 Å². The van der Waals surface area contributed by atoms with E-state index in [1.54, 1.807) is 23.3 Å². The number of nitrogens with zero attached hydrogens (tertiary/aromatic N) is 1. The van der Waals surface area contributed by atoms with Gasteiger partial charge < -0.3 is 11.1 Å². The molecule has 0 spiro atoms. The van der Waals surface area contributed by atoms with E-state index in [0.717, 1.165) is 18.7 Å². The van der Waals surface area contributed by atoms with Crippen LogP contribution in [0, 0.1) is 0 Å². The second kappa shape index (κ2) is 5.05. The summed E-state index contributed by atoms with van der Waals surface area (Å²) in [5, 5.41) is 4.51. The zero-order valence-corrected chi connectivity index (χ0v) is 9.90. The van der Waals surface area contributed by atoms with E-state index in [9.17, 15) is 4.79 Å². The van der Waals surface area contributed by atoms with Crippen LogP contribution in [-0.2, 0) is 4.84 Å². The van der Waals surface area contributed by atoms with E-state index >= 15 is 0 Å². The number of hydrogen-bond donors (Lipinski definition) is 2. The molecule has 0 bridgehead atoms. The van der Waals surface area contributed by atoms with Crippen molar-refractivity contribution in [1.82, 2.24) is 5.32 Å². The molecule has 1 aromatic rings. The number of benzene rings is 1. The van der Waals surface area contributed by atoms with Crippen LogP contribution in [0.5, 0.6) is 0 Å². The topological polar surface area (TPSA) is 67.6 Å². The minimum Gasteiger partial charge on any atom is -0.397 e. The van der Waals surface area contributed by atoms with Crippen LogP contribution >= 0.6 is 0 Å². The van der Waals surface area contributed by atoms with Gasteiger partial charge in [-0.05, 0) is 31.5 Å². The summed E-state index contributed by atoms with van der Waals surface area (Å²) in [6.07, 6.45) is 0.977. The molecule has 1 aliphatic rings. The number of hydrogen-bond acceptors (Lipinski definition) is 4. The molecule has 1 saturated heterocycles. The molecule has 1 heterocycles. The standard InChI is InChI=1S/C12H17N3O2/c1-2-14-12(16)9-4-5-10(13)11(8-9)15-6-3-7-17-15/h4-5,8H,2-3,6-7,13H2,1H3,(H,14,16). The molecular weight excluding hydrogens is 218 g/mol. The van der Waals surface area contributed by atoms with Crippen LogP contribution in [0.4, 0.5) is 11.4 Å². The Morgan fingerprint density at radius 2 is 2.41 bits per heavy atom. The number of anilines is 2. The van der Waals surface area contributed by atoms with Gasteiger partial charge in [-0.25, -0.2) is 0 Å². The van der Waals surface area contributed by atoms with Crippen molar-refractivity contribution in [2.24, 2.45) is 0 Å². The normalized spacial score (nSPS) is 15.0. The molecule has 92 valence electrons. The summed E-state index contributed by atoms with van der Waals surface area (Å²) in [6, 6.07) is 5.23. The molecule has 1 amide bonds. The zero-order valence-electron chi connectivity index (χ0n) is 9.90. The number of nitrogen functional groups attached to an aromatic ring is 1. The average molecular weight is 235 g/mol. The molecule has 0 saturated carbocycles. The van der Waals surface area contributed by atoms with E-state index < -0.39 is 0 Å². The average Bonchev–Trinajstić information content (AvgIpc) is 2.83. The van der Waals surface area contributed by atoms with Gasteiger partial charge in [0.15, 0.2) is 0 Å². The second-order valence-corrected chi connectivity index (χ2v) is 3.92. The number of carbonyl (C=O) groups is 1. The highest BCUT2D eigenvalue weighted by Gasteiger charge is 2.17. The molecule has 5 heteroatoms. The SMILES string of the molecule is CCNC(=O)c1ccc(N)c(N2CCCO2)c1. The van der Waals surface area contributed by atoms with Crippen molar-refractivity contribution in [3.63, 3.8) is 0 Å². The third-order valence-corrected chi connectivity index (χ3v) is 2.65. The largest absolute Gasteiger partial charge is 0.397 e. The summed E-state index contributed by atoms with van der Waals surface area (Å²) in [7, 11) is 0. The van der Waals surface area contributed by atoms with Gasteiger partial charge in [-0.15, -0.1) is 0 Å². The molecule has 0 atom stereocenters. The molecule has 3 N–H and O–H groups in total. The summed E-state index contributed by atoms with van der Waals surface area (Å²) >= 11 is 0. The molecule has 0 aliphatic carbocycles. The van der Waals surface area contributed by atoms with Crippen LogP contribution < -0.4 is 16.1 Å². The Morgan fingerprint density at radius 3 is 3.06 bits per heavy atom. The molecule has 0 radical (unpaired) electrons. The quantitative estimate of drug-likeness (QED) is 0.771. The van der Waals surface area contributed by atoms with E-state index in [1.165, 1.54) is 0 Å². The lowest BCUT2D eigenvalue weighted by Gasteiger charge is -2.18. The van der Waals surface area contributed by atoms with Gasteiger partial charge in [0, 0.05) is 18.7 Å². The van der Waals surface area contributed by atoms with Crippen molar-refractivity contribution >= 4 is 17.3 Å². The van der Waals surface area contributed by atoms with Crippen LogP contribution in [0.1, 0.15) is 23.7 Å². The Hall–Kier alpha value is -1.75. The van der Waals surface area contributed by atoms with Crippen LogP contribution in [0.2, 0.25) is 0 Å². The number of rotatable bonds is 3. The predicted octanol–water partition coefficient (Wildman–Crippen LogP) is 1.16. The molecule has 2 rings (SSSR count). The minimum absolute atomic E-state index is 0.0899. The molecule has 5 nitrogen and oxygen atoms in total. The Bertz CT molecular complexity index is 414. The van der Waals surface area contributed by atoms with Gasteiger partial charge in [0.25, 0.3) is 5.91 Å². The second-order valence-electron chi connectivity index (χ2n) is 3.92. The molecular formula is C12H17N3O2. The highest BCUT2D eigenvalue weighted by molar-refractivity contribution is 5.96. The zero-order chi connectivity index (χ0) is 12.3. The Balaban J connectivity index is 2.25. The Kier molecular flexibility index (Phi) is 3.49. The molecule has 1 fully saturated rings. The first-order chi connectivity index (χ1) is 8.22. The summed E-state index contributed by atoms with van der Waals surface area (Å²) in [4.78, 5) is 17.1. The monoisotopic (exact) mass is 235 g/mol. The molecule has 1 aromatic carbocycles. The van der Waals surface area contributed by atoms with Crippen molar-refractivity contribution in [2.45, 2.75) is 13.3 Å². The number of amides is 1. The van der Waals surface area contributed by atoms with Crippen LogP contribution in [-0.4, -0.2) is 25.6 Å². The number of carbonyl (C=O) groups excluding carboxylic acids is 1. The first-order valence-electron chi connectivity index (χ1n) is 5.80. The lowest BCUT2D eigenvalue weighted by molar-refractivity contribution is 0.0956. The van der Waals surface area contributed by atoms with Gasteiger partial charge in [-0.1, -0.05) is 0 Å². The van der Waals surface area contributed by atoms with Gasteiger partial charge in [0.2, 0.25) is 0 Å². The maximum absolute atomic E-state index is 11.7. The Morgan fingerprint density at radius 1 is 1.59 bits per heavy atom. The van der Waals surface area contributed by atoms with Crippen LogP contribution in [0.15, 0.2) is 18.2 Å².